The first kappa shape index (κ1) is 6.64. The number of thiophene rings is 1. The van der Waals surface area contributed by atoms with Crippen LogP contribution in [0.5, 0.6) is 5.06 Å². The summed E-state index contributed by atoms with van der Waals surface area (Å²) in [5, 5.41) is 1.93. The molecule has 0 amide bonds. The fourth-order valence-corrected chi connectivity index (χ4v) is 1.86. The van der Waals surface area contributed by atoms with E-state index >= 15 is 0 Å². The number of rotatable bonds is 1. The van der Waals surface area contributed by atoms with Gasteiger partial charge in [0, 0.05) is 10.8 Å². The predicted octanol–water partition coefficient (Wildman–Crippen LogP) is 2.15. The number of hydrogen-bond donors (Lipinski definition) is 1. The van der Waals surface area contributed by atoms with Gasteiger partial charge in [-0.25, -0.2) is 0 Å². The molecule has 0 atom stereocenters. The first-order valence-corrected chi connectivity index (χ1v) is 4.07. The molecule has 1 aromatic heterocycles. The minimum Gasteiger partial charge on any atom is -0.400 e. The summed E-state index contributed by atoms with van der Waals surface area (Å²) in [4.78, 5) is 4.62. The molecule has 1 aromatic carbocycles. The number of nitrogens with two attached hydrogens (primary N) is 1. The van der Waals surface area contributed by atoms with Gasteiger partial charge in [0.1, 0.15) is 0 Å². The van der Waals surface area contributed by atoms with Crippen molar-refractivity contribution in [2.45, 2.75) is 0 Å². The molecule has 2 nitrogen and oxygen atoms in total. The van der Waals surface area contributed by atoms with Gasteiger partial charge in [-0.05, 0) is 11.5 Å². The van der Waals surface area contributed by atoms with Crippen molar-refractivity contribution in [1.82, 2.24) is 0 Å². The van der Waals surface area contributed by atoms with Gasteiger partial charge in [0.15, 0.2) is 0 Å². The second-order valence-electron chi connectivity index (χ2n) is 2.22. The Morgan fingerprint density at radius 3 is 2.82 bits per heavy atom. The summed E-state index contributed by atoms with van der Waals surface area (Å²) in [7, 11) is 0. The largest absolute Gasteiger partial charge is 0.400 e. The zero-order valence-electron chi connectivity index (χ0n) is 5.78. The Labute approximate surface area is 68.2 Å². The lowest BCUT2D eigenvalue weighted by molar-refractivity contribution is 0.345. The fourth-order valence-electron chi connectivity index (χ4n) is 1.02. The van der Waals surface area contributed by atoms with Crippen LogP contribution in [-0.2, 0) is 0 Å². The first-order valence-electron chi connectivity index (χ1n) is 3.25. The number of benzene rings is 1. The van der Waals surface area contributed by atoms with Crippen LogP contribution in [0.15, 0.2) is 30.3 Å². The average Bonchev–Trinajstić information content (AvgIpc) is 2.46. The van der Waals surface area contributed by atoms with E-state index in [1.54, 1.807) is 11.3 Å². The molecular formula is C8H7NOS. The molecule has 0 aliphatic heterocycles. The third-order valence-electron chi connectivity index (χ3n) is 1.52. The topological polar surface area (TPSA) is 35.2 Å². The van der Waals surface area contributed by atoms with Gasteiger partial charge in [-0.2, -0.15) is 5.90 Å². The van der Waals surface area contributed by atoms with Gasteiger partial charge in [-0.15, -0.1) is 0 Å². The van der Waals surface area contributed by atoms with Crippen LogP contribution < -0.4 is 10.7 Å². The van der Waals surface area contributed by atoms with Gasteiger partial charge < -0.3 is 4.84 Å². The zero-order valence-corrected chi connectivity index (χ0v) is 6.60. The minimum absolute atomic E-state index is 0.756. The van der Waals surface area contributed by atoms with Crippen molar-refractivity contribution in [2.75, 3.05) is 0 Å². The van der Waals surface area contributed by atoms with Gasteiger partial charge in [0.05, 0.1) is 0 Å². The van der Waals surface area contributed by atoms with Crippen molar-refractivity contribution >= 4 is 21.4 Å². The van der Waals surface area contributed by atoms with Crippen LogP contribution in [0.4, 0.5) is 0 Å². The highest BCUT2D eigenvalue weighted by molar-refractivity contribution is 7.20. The molecule has 0 saturated carbocycles. The van der Waals surface area contributed by atoms with Crippen LogP contribution in [0.3, 0.4) is 0 Å². The second-order valence-corrected chi connectivity index (χ2v) is 3.27. The molecule has 0 saturated heterocycles. The SMILES string of the molecule is NOc1cc2ccccc2s1. The molecule has 0 unspecified atom stereocenters. The minimum atomic E-state index is 0.756. The molecule has 0 spiro atoms. The fraction of sp³-hybridized carbons (Fsp3) is 0. The van der Waals surface area contributed by atoms with Crippen LogP contribution >= 0.6 is 11.3 Å². The number of hydrogen-bond acceptors (Lipinski definition) is 3. The summed E-state index contributed by atoms with van der Waals surface area (Å²) in [6.45, 7) is 0. The molecule has 56 valence electrons. The smallest absolute Gasteiger partial charge is 0.201 e. The lowest BCUT2D eigenvalue weighted by Crippen LogP contribution is -1.98. The summed E-state index contributed by atoms with van der Waals surface area (Å²) >= 11 is 1.55. The Balaban J connectivity index is 2.69. The Bertz CT molecular complexity index is 336. The van der Waals surface area contributed by atoms with Crippen molar-refractivity contribution in [2.24, 2.45) is 5.90 Å². The van der Waals surface area contributed by atoms with Crippen molar-refractivity contribution in [3.8, 4) is 5.06 Å². The van der Waals surface area contributed by atoms with E-state index in [-0.39, 0.29) is 0 Å². The van der Waals surface area contributed by atoms with Crippen LogP contribution in [-0.4, -0.2) is 0 Å². The van der Waals surface area contributed by atoms with Gasteiger partial charge in [-0.1, -0.05) is 29.5 Å². The monoisotopic (exact) mass is 165 g/mol. The summed E-state index contributed by atoms with van der Waals surface area (Å²) in [6, 6.07) is 10.0. The third kappa shape index (κ3) is 1.08. The molecule has 1 heterocycles. The van der Waals surface area contributed by atoms with E-state index < -0.39 is 0 Å². The van der Waals surface area contributed by atoms with E-state index in [9.17, 15) is 0 Å². The Kier molecular flexibility index (Phi) is 1.52. The van der Waals surface area contributed by atoms with Crippen molar-refractivity contribution in [1.29, 1.82) is 0 Å². The van der Waals surface area contributed by atoms with E-state index in [1.807, 2.05) is 30.3 Å². The Hall–Kier alpha value is -1.06. The molecule has 2 aromatic rings. The molecule has 11 heavy (non-hydrogen) atoms. The van der Waals surface area contributed by atoms with Crippen molar-refractivity contribution in [3.63, 3.8) is 0 Å². The highest BCUT2D eigenvalue weighted by Crippen LogP contribution is 2.30. The standard InChI is InChI=1S/C8H7NOS/c9-10-8-5-6-3-1-2-4-7(6)11-8/h1-5H,9H2. The summed E-state index contributed by atoms with van der Waals surface area (Å²) in [5.74, 6) is 5.02. The van der Waals surface area contributed by atoms with Crippen molar-refractivity contribution in [3.05, 3.63) is 30.3 Å². The van der Waals surface area contributed by atoms with E-state index in [0.29, 0.717) is 0 Å². The van der Waals surface area contributed by atoms with E-state index in [1.165, 1.54) is 10.1 Å². The maximum Gasteiger partial charge on any atom is 0.201 e. The first-order chi connectivity index (χ1) is 5.40. The predicted molar refractivity (Wildman–Crippen MR) is 46.6 cm³/mol. The van der Waals surface area contributed by atoms with Gasteiger partial charge in [-0.3, -0.25) is 0 Å². The summed E-state index contributed by atoms with van der Waals surface area (Å²) in [6.07, 6.45) is 0. The van der Waals surface area contributed by atoms with Crippen LogP contribution in [0.25, 0.3) is 10.1 Å². The third-order valence-corrected chi connectivity index (χ3v) is 2.53. The van der Waals surface area contributed by atoms with Gasteiger partial charge >= 0.3 is 0 Å². The van der Waals surface area contributed by atoms with Crippen molar-refractivity contribution < 1.29 is 4.84 Å². The maximum atomic E-state index is 5.02. The Morgan fingerprint density at radius 2 is 2.09 bits per heavy atom. The molecular weight excluding hydrogens is 158 g/mol. The van der Waals surface area contributed by atoms with E-state index in [4.69, 9.17) is 5.90 Å². The number of fused-ring (bicyclic) bond motifs is 1. The van der Waals surface area contributed by atoms with Gasteiger partial charge in [0.2, 0.25) is 5.06 Å². The summed E-state index contributed by atoms with van der Waals surface area (Å²) in [5.41, 5.74) is 0. The lowest BCUT2D eigenvalue weighted by atomic mass is 10.3. The molecule has 0 aliphatic carbocycles. The maximum absolute atomic E-state index is 5.02. The van der Waals surface area contributed by atoms with Crippen LogP contribution in [0.1, 0.15) is 0 Å². The molecule has 0 radical (unpaired) electrons. The molecule has 3 heteroatoms. The molecule has 0 aliphatic rings. The zero-order chi connectivity index (χ0) is 7.68. The summed E-state index contributed by atoms with van der Waals surface area (Å²) < 4.78 is 1.20. The quantitative estimate of drug-likeness (QED) is 0.657. The van der Waals surface area contributed by atoms with Crippen LogP contribution in [0.2, 0.25) is 0 Å². The molecule has 2 rings (SSSR count). The van der Waals surface area contributed by atoms with E-state index in [2.05, 4.69) is 4.84 Å². The molecule has 0 fully saturated rings. The second kappa shape index (κ2) is 2.53. The average molecular weight is 165 g/mol. The highest BCUT2D eigenvalue weighted by atomic mass is 32.1. The molecule has 2 N–H and O–H groups in total. The van der Waals surface area contributed by atoms with E-state index in [0.717, 1.165) is 5.06 Å². The van der Waals surface area contributed by atoms with Crippen LogP contribution in [0, 0.1) is 0 Å². The Morgan fingerprint density at radius 1 is 1.27 bits per heavy atom. The van der Waals surface area contributed by atoms with Gasteiger partial charge in [0.25, 0.3) is 0 Å². The molecule has 0 bridgehead atoms. The normalized spacial score (nSPS) is 10.3. The highest BCUT2D eigenvalue weighted by Gasteiger charge is 1.98. The lowest BCUT2D eigenvalue weighted by Gasteiger charge is -1.85.